The Hall–Kier alpha value is -1.23. The Morgan fingerprint density at radius 1 is 1.53 bits per heavy atom. The minimum absolute atomic E-state index is 0.0496. The van der Waals surface area contributed by atoms with E-state index in [-0.39, 0.29) is 5.91 Å². The van der Waals surface area contributed by atoms with Crippen LogP contribution in [0.3, 0.4) is 0 Å². The van der Waals surface area contributed by atoms with E-state index >= 15 is 0 Å². The van der Waals surface area contributed by atoms with Crippen LogP contribution in [0.2, 0.25) is 0 Å². The molecule has 5 heteroatoms. The number of likely N-dealkylation sites (tertiary alicyclic amines) is 1. The molecule has 1 fully saturated rings. The highest BCUT2D eigenvalue weighted by atomic mass is 16.6. The van der Waals surface area contributed by atoms with Crippen molar-refractivity contribution in [3.8, 4) is 0 Å². The fourth-order valence-electron chi connectivity index (χ4n) is 2.36. The highest BCUT2D eigenvalue weighted by molar-refractivity contribution is 5.91. The molecule has 96 valence electrons. The van der Waals surface area contributed by atoms with Crippen LogP contribution < -0.4 is 5.73 Å². The molecule has 2 aliphatic heterocycles. The van der Waals surface area contributed by atoms with Crippen LogP contribution in [-0.2, 0) is 14.3 Å². The van der Waals surface area contributed by atoms with Gasteiger partial charge in [0.15, 0.2) is 0 Å². The summed E-state index contributed by atoms with van der Waals surface area (Å²) in [5.41, 5.74) is 5.56. The summed E-state index contributed by atoms with van der Waals surface area (Å²) in [5.74, 6) is 0.818. The van der Waals surface area contributed by atoms with E-state index in [4.69, 9.17) is 15.2 Å². The molecule has 0 radical (unpaired) electrons. The molecular weight excluding hydrogens is 220 g/mol. The van der Waals surface area contributed by atoms with Gasteiger partial charge in [0.25, 0.3) is 5.91 Å². The van der Waals surface area contributed by atoms with Gasteiger partial charge in [-0.15, -0.1) is 0 Å². The maximum atomic E-state index is 12.1. The third-order valence-corrected chi connectivity index (χ3v) is 3.24. The lowest BCUT2D eigenvalue weighted by Crippen LogP contribution is -2.42. The van der Waals surface area contributed by atoms with Gasteiger partial charge < -0.3 is 20.1 Å². The van der Waals surface area contributed by atoms with E-state index in [2.05, 4.69) is 0 Å². The zero-order valence-electron chi connectivity index (χ0n) is 10.1. The lowest BCUT2D eigenvalue weighted by atomic mass is 9.95. The van der Waals surface area contributed by atoms with Crippen molar-refractivity contribution in [3.63, 3.8) is 0 Å². The standard InChI is InChI=1S/C12H20N2O3/c13-4-3-10-2-1-5-14(8-10)12(15)11-9-16-6-7-17-11/h9-10H,1-8,13H2. The molecule has 17 heavy (non-hydrogen) atoms. The van der Waals surface area contributed by atoms with Crippen LogP contribution in [0.4, 0.5) is 0 Å². The molecule has 0 aromatic carbocycles. The number of carbonyl (C=O) groups is 1. The second kappa shape index (κ2) is 5.91. The lowest BCUT2D eigenvalue weighted by Gasteiger charge is -2.33. The Morgan fingerprint density at radius 3 is 3.12 bits per heavy atom. The van der Waals surface area contributed by atoms with Gasteiger partial charge in [0.05, 0.1) is 0 Å². The van der Waals surface area contributed by atoms with Gasteiger partial charge in [-0.3, -0.25) is 4.79 Å². The molecule has 2 rings (SSSR count). The Bertz CT molecular complexity index is 302. The molecule has 0 aliphatic carbocycles. The topological polar surface area (TPSA) is 64.8 Å². The number of rotatable bonds is 3. The first-order valence-corrected chi connectivity index (χ1v) is 6.25. The van der Waals surface area contributed by atoms with Gasteiger partial charge in [0, 0.05) is 13.1 Å². The largest absolute Gasteiger partial charge is 0.494 e. The molecule has 0 bridgehead atoms. The van der Waals surface area contributed by atoms with Gasteiger partial charge >= 0.3 is 0 Å². The van der Waals surface area contributed by atoms with Gasteiger partial charge in [-0.25, -0.2) is 0 Å². The van der Waals surface area contributed by atoms with Crippen molar-refractivity contribution in [3.05, 3.63) is 12.0 Å². The Morgan fingerprint density at radius 2 is 2.41 bits per heavy atom. The Labute approximate surface area is 102 Å². The summed E-state index contributed by atoms with van der Waals surface area (Å²) in [4.78, 5) is 14.0. The predicted molar refractivity (Wildman–Crippen MR) is 63.0 cm³/mol. The van der Waals surface area contributed by atoms with E-state index in [1.807, 2.05) is 4.90 Å². The maximum absolute atomic E-state index is 12.1. The summed E-state index contributed by atoms with van der Waals surface area (Å²) in [6.07, 6.45) is 4.63. The van der Waals surface area contributed by atoms with Crippen molar-refractivity contribution in [1.82, 2.24) is 4.90 Å². The summed E-state index contributed by atoms with van der Waals surface area (Å²) in [6.45, 7) is 3.26. The highest BCUT2D eigenvalue weighted by Crippen LogP contribution is 2.21. The first kappa shape index (κ1) is 12.2. The molecule has 2 aliphatic rings. The van der Waals surface area contributed by atoms with Gasteiger partial charge in [-0.2, -0.15) is 0 Å². The van der Waals surface area contributed by atoms with Crippen molar-refractivity contribution < 1.29 is 14.3 Å². The summed E-state index contributed by atoms with van der Waals surface area (Å²) in [6, 6.07) is 0. The molecule has 0 aromatic heterocycles. The van der Waals surface area contributed by atoms with Gasteiger partial charge in [0.1, 0.15) is 19.5 Å². The van der Waals surface area contributed by atoms with E-state index in [0.717, 1.165) is 32.4 Å². The van der Waals surface area contributed by atoms with Gasteiger partial charge in [-0.1, -0.05) is 0 Å². The smallest absolute Gasteiger partial charge is 0.292 e. The predicted octanol–water partition coefficient (Wildman–Crippen LogP) is 0.462. The SMILES string of the molecule is NCCC1CCCN(C(=O)C2=COCCO2)C1. The van der Waals surface area contributed by atoms with Crippen molar-refractivity contribution in [1.29, 1.82) is 0 Å². The number of amides is 1. The number of nitrogens with zero attached hydrogens (tertiary/aromatic N) is 1. The second-order valence-electron chi connectivity index (χ2n) is 4.54. The summed E-state index contributed by atoms with van der Waals surface area (Å²) < 4.78 is 10.4. The van der Waals surface area contributed by atoms with Crippen LogP contribution in [0.15, 0.2) is 12.0 Å². The minimum atomic E-state index is -0.0496. The normalized spacial score (nSPS) is 24.6. The molecule has 1 saturated heterocycles. The number of hydrogen-bond donors (Lipinski definition) is 1. The monoisotopic (exact) mass is 240 g/mol. The van der Waals surface area contributed by atoms with E-state index in [9.17, 15) is 4.79 Å². The average molecular weight is 240 g/mol. The molecule has 2 N–H and O–H groups in total. The number of piperidine rings is 1. The maximum Gasteiger partial charge on any atom is 0.292 e. The Balaban J connectivity index is 1.92. The average Bonchev–Trinajstić information content (AvgIpc) is 2.40. The minimum Gasteiger partial charge on any atom is -0.494 e. The quantitative estimate of drug-likeness (QED) is 0.778. The van der Waals surface area contributed by atoms with E-state index in [0.29, 0.717) is 31.4 Å². The zero-order chi connectivity index (χ0) is 12.1. The van der Waals surface area contributed by atoms with Crippen molar-refractivity contribution in [2.45, 2.75) is 19.3 Å². The number of ether oxygens (including phenoxy) is 2. The highest BCUT2D eigenvalue weighted by Gasteiger charge is 2.27. The molecule has 1 unspecified atom stereocenters. The fraction of sp³-hybridized carbons (Fsp3) is 0.750. The first-order chi connectivity index (χ1) is 8.31. The zero-order valence-corrected chi connectivity index (χ0v) is 10.1. The van der Waals surface area contributed by atoms with Crippen LogP contribution in [0, 0.1) is 5.92 Å². The first-order valence-electron chi connectivity index (χ1n) is 6.25. The third-order valence-electron chi connectivity index (χ3n) is 3.24. The van der Waals surface area contributed by atoms with E-state index in [1.54, 1.807) is 0 Å². The van der Waals surface area contributed by atoms with E-state index < -0.39 is 0 Å². The summed E-state index contributed by atoms with van der Waals surface area (Å²) >= 11 is 0. The number of carbonyl (C=O) groups excluding carboxylic acids is 1. The van der Waals surface area contributed by atoms with E-state index in [1.165, 1.54) is 6.26 Å². The van der Waals surface area contributed by atoms with Crippen LogP contribution in [0.25, 0.3) is 0 Å². The molecular formula is C12H20N2O3. The van der Waals surface area contributed by atoms with Gasteiger partial charge in [-0.05, 0) is 31.7 Å². The van der Waals surface area contributed by atoms with Crippen molar-refractivity contribution >= 4 is 5.91 Å². The molecule has 0 aromatic rings. The second-order valence-corrected chi connectivity index (χ2v) is 4.54. The lowest BCUT2D eigenvalue weighted by molar-refractivity contribution is -0.134. The molecule has 0 saturated carbocycles. The van der Waals surface area contributed by atoms with Crippen LogP contribution in [0.1, 0.15) is 19.3 Å². The number of hydrogen-bond acceptors (Lipinski definition) is 4. The van der Waals surface area contributed by atoms with Crippen LogP contribution >= 0.6 is 0 Å². The van der Waals surface area contributed by atoms with Crippen LogP contribution in [-0.4, -0.2) is 43.7 Å². The third kappa shape index (κ3) is 3.12. The van der Waals surface area contributed by atoms with Crippen molar-refractivity contribution in [2.24, 2.45) is 11.7 Å². The fourth-order valence-corrected chi connectivity index (χ4v) is 2.36. The van der Waals surface area contributed by atoms with Crippen LogP contribution in [0.5, 0.6) is 0 Å². The Kier molecular flexibility index (Phi) is 4.25. The van der Waals surface area contributed by atoms with Crippen molar-refractivity contribution in [2.75, 3.05) is 32.8 Å². The molecule has 1 atom stereocenters. The molecule has 5 nitrogen and oxygen atoms in total. The number of nitrogens with two attached hydrogens (primary N) is 1. The molecule has 0 spiro atoms. The molecule has 1 amide bonds. The molecule has 2 heterocycles. The summed E-state index contributed by atoms with van der Waals surface area (Å²) in [7, 11) is 0. The van der Waals surface area contributed by atoms with Gasteiger partial charge in [0.2, 0.25) is 5.76 Å². The summed E-state index contributed by atoms with van der Waals surface area (Å²) in [5, 5.41) is 0.